The lowest BCUT2D eigenvalue weighted by atomic mass is 10.0. The molecule has 31 heavy (non-hydrogen) atoms. The average molecular weight is 433 g/mol. The number of methoxy groups -OCH3 is 2. The first-order valence-electron chi connectivity index (χ1n) is 9.70. The van der Waals surface area contributed by atoms with Gasteiger partial charge in [0.2, 0.25) is 0 Å². The van der Waals surface area contributed by atoms with E-state index in [4.69, 9.17) is 26.1 Å². The van der Waals surface area contributed by atoms with E-state index in [-0.39, 0.29) is 5.91 Å². The minimum atomic E-state index is -0.269. The van der Waals surface area contributed by atoms with Gasteiger partial charge in [0.05, 0.1) is 36.7 Å². The van der Waals surface area contributed by atoms with Gasteiger partial charge in [0.15, 0.2) is 0 Å². The average Bonchev–Trinajstić information content (AvgIpc) is 2.81. The molecule has 156 valence electrons. The number of carbonyl (C=O) groups is 1. The first kappa shape index (κ1) is 20.7. The lowest BCUT2D eigenvalue weighted by molar-refractivity contribution is 0.102. The summed E-state index contributed by atoms with van der Waals surface area (Å²) in [6.07, 6.45) is 0. The Morgan fingerprint density at radius 3 is 2.45 bits per heavy atom. The number of ether oxygens (including phenoxy) is 2. The Hall–Kier alpha value is -3.57. The second kappa shape index (κ2) is 8.66. The maximum Gasteiger partial charge on any atom is 0.256 e. The summed E-state index contributed by atoms with van der Waals surface area (Å²) in [5, 5.41) is 4.29. The number of carbonyl (C=O) groups excluding carboxylic acids is 1. The van der Waals surface area contributed by atoms with Crippen molar-refractivity contribution < 1.29 is 14.3 Å². The molecule has 0 saturated heterocycles. The summed E-state index contributed by atoms with van der Waals surface area (Å²) >= 11 is 6.35. The molecule has 1 amide bonds. The van der Waals surface area contributed by atoms with Crippen LogP contribution >= 0.6 is 11.6 Å². The number of rotatable bonds is 5. The smallest absolute Gasteiger partial charge is 0.256 e. The summed E-state index contributed by atoms with van der Waals surface area (Å²) in [5.41, 5.74) is 4.19. The molecule has 1 N–H and O–H groups in total. The van der Waals surface area contributed by atoms with Crippen molar-refractivity contribution in [3.05, 3.63) is 82.9 Å². The summed E-state index contributed by atoms with van der Waals surface area (Å²) in [5.74, 6) is 0.879. The van der Waals surface area contributed by atoms with Crippen LogP contribution in [0.2, 0.25) is 5.02 Å². The van der Waals surface area contributed by atoms with Crippen molar-refractivity contribution in [1.82, 2.24) is 4.98 Å². The highest BCUT2D eigenvalue weighted by Crippen LogP contribution is 2.33. The molecule has 0 fully saturated rings. The van der Waals surface area contributed by atoms with Crippen LogP contribution in [-0.4, -0.2) is 25.1 Å². The number of fused-ring (bicyclic) bond motifs is 1. The standard InChI is InChI=1S/C25H21ClN2O3/c1-15-20(26)11-10-18-19(14-22(27-24(15)18)16-7-5-4-6-8-16)25(29)28-21-12-9-17(30-2)13-23(21)31-3/h4-14H,1-3H3,(H,28,29). The lowest BCUT2D eigenvalue weighted by Crippen LogP contribution is -2.14. The number of nitrogens with zero attached hydrogens (tertiary/aromatic N) is 1. The van der Waals surface area contributed by atoms with Crippen molar-refractivity contribution in [2.75, 3.05) is 19.5 Å². The Labute approximate surface area is 185 Å². The van der Waals surface area contributed by atoms with E-state index in [0.717, 1.165) is 16.5 Å². The fraction of sp³-hybridized carbons (Fsp3) is 0.120. The van der Waals surface area contributed by atoms with Crippen LogP contribution in [0, 0.1) is 6.92 Å². The first-order chi connectivity index (χ1) is 15.0. The van der Waals surface area contributed by atoms with Crippen molar-refractivity contribution in [1.29, 1.82) is 0 Å². The minimum Gasteiger partial charge on any atom is -0.497 e. The van der Waals surface area contributed by atoms with Gasteiger partial charge in [0.25, 0.3) is 5.91 Å². The van der Waals surface area contributed by atoms with E-state index in [1.807, 2.05) is 43.3 Å². The maximum absolute atomic E-state index is 13.4. The number of anilines is 1. The Bertz CT molecular complexity index is 1270. The van der Waals surface area contributed by atoms with Gasteiger partial charge in [-0.15, -0.1) is 0 Å². The number of halogens is 1. The van der Waals surface area contributed by atoms with E-state index in [1.165, 1.54) is 0 Å². The number of nitrogens with one attached hydrogen (secondary N) is 1. The van der Waals surface area contributed by atoms with Crippen molar-refractivity contribution in [2.24, 2.45) is 0 Å². The molecular weight excluding hydrogens is 412 g/mol. The monoisotopic (exact) mass is 432 g/mol. The molecule has 6 heteroatoms. The second-order valence-corrected chi connectivity index (χ2v) is 7.42. The van der Waals surface area contributed by atoms with E-state index in [1.54, 1.807) is 44.6 Å². The maximum atomic E-state index is 13.4. The topological polar surface area (TPSA) is 60.5 Å². The molecule has 1 heterocycles. The van der Waals surface area contributed by atoms with Gasteiger partial charge in [0.1, 0.15) is 11.5 Å². The summed E-state index contributed by atoms with van der Waals surface area (Å²) < 4.78 is 10.7. The number of pyridine rings is 1. The third kappa shape index (κ3) is 4.05. The van der Waals surface area contributed by atoms with Gasteiger partial charge in [-0.25, -0.2) is 4.98 Å². The summed E-state index contributed by atoms with van der Waals surface area (Å²) in [6, 6.07) is 20.4. The highest BCUT2D eigenvalue weighted by atomic mass is 35.5. The van der Waals surface area contributed by atoms with E-state index in [2.05, 4.69) is 5.32 Å². The molecule has 1 aromatic heterocycles. The third-order valence-electron chi connectivity index (χ3n) is 5.14. The van der Waals surface area contributed by atoms with E-state index >= 15 is 0 Å². The van der Waals surface area contributed by atoms with Gasteiger partial charge in [-0.1, -0.05) is 48.0 Å². The van der Waals surface area contributed by atoms with Crippen molar-refractivity contribution in [3.63, 3.8) is 0 Å². The summed E-state index contributed by atoms with van der Waals surface area (Å²) in [6.45, 7) is 1.90. The van der Waals surface area contributed by atoms with Crippen LogP contribution in [0.4, 0.5) is 5.69 Å². The van der Waals surface area contributed by atoms with E-state index in [9.17, 15) is 4.79 Å². The Morgan fingerprint density at radius 2 is 1.74 bits per heavy atom. The number of hydrogen-bond donors (Lipinski definition) is 1. The largest absolute Gasteiger partial charge is 0.497 e. The SMILES string of the molecule is COc1ccc(NC(=O)c2cc(-c3ccccc3)nc3c(C)c(Cl)ccc23)c(OC)c1. The molecule has 0 aliphatic rings. The van der Waals surface area contributed by atoms with Gasteiger partial charge in [-0.2, -0.15) is 0 Å². The Kier molecular flexibility index (Phi) is 5.78. The molecule has 0 aliphatic heterocycles. The molecule has 4 rings (SSSR count). The van der Waals surface area contributed by atoms with Crippen molar-refractivity contribution in [3.8, 4) is 22.8 Å². The highest BCUT2D eigenvalue weighted by molar-refractivity contribution is 6.32. The molecule has 0 unspecified atom stereocenters. The van der Waals surface area contributed by atoms with Crippen LogP contribution in [0.3, 0.4) is 0 Å². The van der Waals surface area contributed by atoms with Gasteiger partial charge < -0.3 is 14.8 Å². The molecule has 4 aromatic rings. The molecule has 3 aromatic carbocycles. The number of amides is 1. The molecule has 0 bridgehead atoms. The van der Waals surface area contributed by atoms with Crippen LogP contribution in [0.25, 0.3) is 22.2 Å². The van der Waals surface area contributed by atoms with E-state index < -0.39 is 0 Å². The normalized spacial score (nSPS) is 10.7. The van der Waals surface area contributed by atoms with Gasteiger partial charge in [-0.05, 0) is 36.8 Å². The van der Waals surface area contributed by atoms with Crippen molar-refractivity contribution >= 4 is 34.1 Å². The number of aryl methyl sites for hydroxylation is 1. The zero-order valence-electron chi connectivity index (χ0n) is 17.4. The molecule has 0 atom stereocenters. The fourth-order valence-electron chi connectivity index (χ4n) is 3.44. The summed E-state index contributed by atoms with van der Waals surface area (Å²) in [4.78, 5) is 18.2. The number of aromatic nitrogens is 1. The molecular formula is C25H21ClN2O3. The molecule has 0 saturated carbocycles. The zero-order chi connectivity index (χ0) is 22.0. The van der Waals surface area contributed by atoms with Crippen LogP contribution in [-0.2, 0) is 0 Å². The van der Waals surface area contributed by atoms with Crippen LogP contribution < -0.4 is 14.8 Å². The molecule has 0 spiro atoms. The number of benzene rings is 3. The van der Waals surface area contributed by atoms with Crippen LogP contribution in [0.1, 0.15) is 15.9 Å². The first-order valence-corrected chi connectivity index (χ1v) is 10.1. The predicted octanol–water partition coefficient (Wildman–Crippen LogP) is 6.13. The van der Waals surface area contributed by atoms with E-state index in [0.29, 0.717) is 39.0 Å². The fourth-order valence-corrected chi connectivity index (χ4v) is 3.59. The Morgan fingerprint density at radius 1 is 0.968 bits per heavy atom. The Balaban J connectivity index is 1.84. The predicted molar refractivity (Wildman–Crippen MR) is 124 cm³/mol. The molecule has 0 radical (unpaired) electrons. The minimum absolute atomic E-state index is 0.269. The molecule has 0 aliphatic carbocycles. The van der Waals surface area contributed by atoms with Gasteiger partial charge >= 0.3 is 0 Å². The second-order valence-electron chi connectivity index (χ2n) is 7.01. The summed E-state index contributed by atoms with van der Waals surface area (Å²) in [7, 11) is 3.12. The van der Waals surface area contributed by atoms with Crippen LogP contribution in [0.5, 0.6) is 11.5 Å². The van der Waals surface area contributed by atoms with Gasteiger partial charge in [-0.3, -0.25) is 4.79 Å². The van der Waals surface area contributed by atoms with Crippen LogP contribution in [0.15, 0.2) is 66.7 Å². The molecule has 5 nitrogen and oxygen atoms in total. The zero-order valence-corrected chi connectivity index (χ0v) is 18.2. The number of hydrogen-bond acceptors (Lipinski definition) is 4. The highest BCUT2D eigenvalue weighted by Gasteiger charge is 2.18. The van der Waals surface area contributed by atoms with Crippen molar-refractivity contribution in [2.45, 2.75) is 6.92 Å². The third-order valence-corrected chi connectivity index (χ3v) is 5.55. The lowest BCUT2D eigenvalue weighted by Gasteiger charge is -2.14. The van der Waals surface area contributed by atoms with Gasteiger partial charge in [0, 0.05) is 22.0 Å². The quantitative estimate of drug-likeness (QED) is 0.412.